The second-order valence-corrected chi connectivity index (χ2v) is 2.66. The lowest BCUT2D eigenvalue weighted by Gasteiger charge is -2.21. The first-order valence-corrected chi connectivity index (χ1v) is 3.34. The van der Waals surface area contributed by atoms with Gasteiger partial charge in [-0.15, -0.1) is 0 Å². The van der Waals surface area contributed by atoms with Gasteiger partial charge in [0.05, 0.1) is 0 Å². The first-order chi connectivity index (χ1) is 4.22. The van der Waals surface area contributed by atoms with Gasteiger partial charge < -0.3 is 4.90 Å². The van der Waals surface area contributed by atoms with Crippen LogP contribution in [0.5, 0.6) is 0 Å². The predicted molar refractivity (Wildman–Crippen MR) is 39.9 cm³/mol. The molecule has 1 heterocycles. The van der Waals surface area contributed by atoms with Crippen molar-refractivity contribution in [3.8, 4) is 0 Å². The fourth-order valence-electron chi connectivity index (χ4n) is 1.05. The Kier molecular flexibility index (Phi) is 1.60. The van der Waals surface area contributed by atoms with E-state index < -0.39 is 0 Å². The van der Waals surface area contributed by atoms with E-state index in [0.29, 0.717) is 6.04 Å². The molecule has 0 saturated carbocycles. The molecule has 0 unspecified atom stereocenters. The Morgan fingerprint density at radius 1 is 1.67 bits per heavy atom. The molecule has 0 aromatic carbocycles. The van der Waals surface area contributed by atoms with Gasteiger partial charge in [-0.25, -0.2) is 0 Å². The summed E-state index contributed by atoms with van der Waals surface area (Å²) >= 11 is 0. The highest BCUT2D eigenvalue weighted by Crippen LogP contribution is 2.18. The highest BCUT2D eigenvalue weighted by atomic mass is 15.1. The molecule has 50 valence electrons. The monoisotopic (exact) mass is 123 g/mol. The normalized spacial score (nSPS) is 18.1. The third-order valence-corrected chi connectivity index (χ3v) is 1.54. The molecule has 0 N–H and O–H groups in total. The molecule has 0 bridgehead atoms. The topological polar surface area (TPSA) is 3.24 Å². The number of hydrogen-bond acceptors (Lipinski definition) is 1. The Morgan fingerprint density at radius 2 is 2.33 bits per heavy atom. The molecule has 0 spiro atoms. The molecule has 1 heteroatoms. The zero-order valence-electron chi connectivity index (χ0n) is 6.09. The van der Waals surface area contributed by atoms with Gasteiger partial charge in [0, 0.05) is 24.4 Å². The first kappa shape index (κ1) is 6.40. The summed E-state index contributed by atoms with van der Waals surface area (Å²) in [5.41, 5.74) is 1.21. The molecule has 0 fully saturated rings. The summed E-state index contributed by atoms with van der Waals surface area (Å²) in [6.45, 7) is 8.26. The lowest BCUT2D eigenvalue weighted by atomic mass is 10.3. The smallest absolute Gasteiger partial charge is 0.0276 e. The van der Waals surface area contributed by atoms with E-state index in [0.717, 1.165) is 6.42 Å². The van der Waals surface area contributed by atoms with Crippen LogP contribution in [0.2, 0.25) is 0 Å². The zero-order chi connectivity index (χ0) is 6.85. The fraction of sp³-hybridized carbons (Fsp3) is 0.500. The van der Waals surface area contributed by atoms with Crippen LogP contribution in [0.15, 0.2) is 24.6 Å². The molecule has 0 saturated heterocycles. The summed E-state index contributed by atoms with van der Waals surface area (Å²) in [5.74, 6) is 0. The van der Waals surface area contributed by atoms with Gasteiger partial charge in [-0.05, 0) is 13.8 Å². The van der Waals surface area contributed by atoms with Gasteiger partial charge in [-0.3, -0.25) is 0 Å². The summed E-state index contributed by atoms with van der Waals surface area (Å²) in [6.07, 6.45) is 5.27. The van der Waals surface area contributed by atoms with Crippen molar-refractivity contribution >= 4 is 0 Å². The SMILES string of the molecule is C=C1CC=CN1C(C)C. The van der Waals surface area contributed by atoms with E-state index >= 15 is 0 Å². The van der Waals surface area contributed by atoms with Gasteiger partial charge in [0.15, 0.2) is 0 Å². The van der Waals surface area contributed by atoms with Crippen LogP contribution in [0.4, 0.5) is 0 Å². The molecule has 0 radical (unpaired) electrons. The summed E-state index contributed by atoms with van der Waals surface area (Å²) in [7, 11) is 0. The maximum Gasteiger partial charge on any atom is 0.0276 e. The second-order valence-electron chi connectivity index (χ2n) is 2.66. The van der Waals surface area contributed by atoms with Gasteiger partial charge in [0.2, 0.25) is 0 Å². The van der Waals surface area contributed by atoms with E-state index in [1.807, 2.05) is 0 Å². The number of nitrogens with zero attached hydrogens (tertiary/aromatic N) is 1. The van der Waals surface area contributed by atoms with Crippen molar-refractivity contribution in [3.05, 3.63) is 24.6 Å². The van der Waals surface area contributed by atoms with Crippen LogP contribution in [0, 0.1) is 0 Å². The van der Waals surface area contributed by atoms with E-state index in [1.54, 1.807) is 0 Å². The molecule has 1 rings (SSSR count). The minimum atomic E-state index is 0.566. The lowest BCUT2D eigenvalue weighted by molar-refractivity contribution is 0.396. The lowest BCUT2D eigenvalue weighted by Crippen LogP contribution is -2.20. The molecule has 0 aromatic rings. The molecular weight excluding hydrogens is 110 g/mol. The van der Waals surface area contributed by atoms with Crippen molar-refractivity contribution in [1.29, 1.82) is 0 Å². The van der Waals surface area contributed by atoms with Gasteiger partial charge >= 0.3 is 0 Å². The van der Waals surface area contributed by atoms with Crippen molar-refractivity contribution in [1.82, 2.24) is 4.90 Å². The minimum absolute atomic E-state index is 0.566. The second kappa shape index (κ2) is 2.26. The standard InChI is InChI=1S/C8H13N/c1-7(2)9-6-4-5-8(9)3/h4,6-7H,3,5H2,1-2H3. The van der Waals surface area contributed by atoms with Crippen molar-refractivity contribution in [2.75, 3.05) is 0 Å². The molecule has 0 aliphatic carbocycles. The molecule has 0 amide bonds. The highest BCUT2D eigenvalue weighted by Gasteiger charge is 2.10. The van der Waals surface area contributed by atoms with E-state index in [-0.39, 0.29) is 0 Å². The quantitative estimate of drug-likeness (QED) is 0.516. The summed E-state index contributed by atoms with van der Waals surface area (Å²) in [6, 6.07) is 0.566. The molecule has 0 atom stereocenters. The number of allylic oxidation sites excluding steroid dienone is 1. The van der Waals surface area contributed by atoms with Crippen LogP contribution in [0.3, 0.4) is 0 Å². The summed E-state index contributed by atoms with van der Waals surface area (Å²) in [5, 5.41) is 0. The molecule has 1 nitrogen and oxygen atoms in total. The summed E-state index contributed by atoms with van der Waals surface area (Å²) in [4.78, 5) is 2.19. The molecule has 0 aromatic heterocycles. The van der Waals surface area contributed by atoms with E-state index in [9.17, 15) is 0 Å². The average molecular weight is 123 g/mol. The molecule has 9 heavy (non-hydrogen) atoms. The van der Waals surface area contributed by atoms with E-state index in [4.69, 9.17) is 0 Å². The van der Waals surface area contributed by atoms with Crippen molar-refractivity contribution in [2.24, 2.45) is 0 Å². The van der Waals surface area contributed by atoms with Crippen molar-refractivity contribution in [2.45, 2.75) is 26.3 Å². The molecular formula is C8H13N. The third kappa shape index (κ3) is 1.15. The zero-order valence-corrected chi connectivity index (χ0v) is 6.09. The van der Waals surface area contributed by atoms with Crippen LogP contribution in [0.1, 0.15) is 20.3 Å². The number of hydrogen-bond donors (Lipinski definition) is 0. The predicted octanol–water partition coefficient (Wildman–Crippen LogP) is 2.13. The van der Waals surface area contributed by atoms with Crippen LogP contribution in [0.25, 0.3) is 0 Å². The maximum atomic E-state index is 3.92. The van der Waals surface area contributed by atoms with Crippen molar-refractivity contribution < 1.29 is 0 Å². The molecule has 1 aliphatic rings. The van der Waals surface area contributed by atoms with Crippen LogP contribution >= 0.6 is 0 Å². The Labute approximate surface area is 56.7 Å². The Hall–Kier alpha value is -0.720. The fourth-order valence-corrected chi connectivity index (χ4v) is 1.05. The maximum absolute atomic E-state index is 3.92. The summed E-state index contributed by atoms with van der Waals surface area (Å²) < 4.78 is 0. The van der Waals surface area contributed by atoms with Crippen LogP contribution in [-0.2, 0) is 0 Å². The van der Waals surface area contributed by atoms with Crippen molar-refractivity contribution in [3.63, 3.8) is 0 Å². The largest absolute Gasteiger partial charge is 0.350 e. The average Bonchev–Trinajstić information content (AvgIpc) is 2.13. The highest BCUT2D eigenvalue weighted by molar-refractivity contribution is 5.13. The van der Waals surface area contributed by atoms with Gasteiger partial charge in [0.1, 0.15) is 0 Å². The van der Waals surface area contributed by atoms with Gasteiger partial charge in [-0.1, -0.05) is 12.7 Å². The third-order valence-electron chi connectivity index (χ3n) is 1.54. The Morgan fingerprint density at radius 3 is 2.56 bits per heavy atom. The molecule has 1 aliphatic heterocycles. The van der Waals surface area contributed by atoms with Gasteiger partial charge in [0.25, 0.3) is 0 Å². The minimum Gasteiger partial charge on any atom is -0.350 e. The first-order valence-electron chi connectivity index (χ1n) is 3.34. The van der Waals surface area contributed by atoms with Gasteiger partial charge in [-0.2, -0.15) is 0 Å². The Balaban J connectivity index is 2.59. The van der Waals surface area contributed by atoms with E-state index in [1.165, 1.54) is 5.70 Å². The van der Waals surface area contributed by atoms with E-state index in [2.05, 4.69) is 37.6 Å². The van der Waals surface area contributed by atoms with Crippen LogP contribution in [-0.4, -0.2) is 10.9 Å². The van der Waals surface area contributed by atoms with Crippen LogP contribution < -0.4 is 0 Å². The Bertz CT molecular complexity index is 145. The number of rotatable bonds is 1.